The maximum Gasteiger partial charge on any atom is 0.514 e. The number of halogens is 6. The molecule has 1 amide bonds. The van der Waals surface area contributed by atoms with Crippen LogP contribution in [0.25, 0.3) is 21.9 Å². The minimum atomic E-state index is -5.42. The largest absolute Gasteiger partial charge is 0.514 e. The van der Waals surface area contributed by atoms with E-state index in [1.807, 2.05) is 0 Å². The summed E-state index contributed by atoms with van der Waals surface area (Å²) in [6.45, 7) is 0. The van der Waals surface area contributed by atoms with E-state index >= 15 is 0 Å². The van der Waals surface area contributed by atoms with E-state index in [9.17, 15) is 31.1 Å². The number of rotatable bonds is 3. The molecule has 0 radical (unpaired) electrons. The average molecular weight is 451 g/mol. The fourth-order valence-electron chi connectivity index (χ4n) is 2.76. The molecule has 162 valence electrons. The first-order chi connectivity index (χ1) is 13.8. The van der Waals surface area contributed by atoms with Gasteiger partial charge in [-0.1, -0.05) is 36.4 Å². The number of alkyl halides is 6. The Hall–Kier alpha value is -2.76. The Balaban J connectivity index is 0.00000341. The molecular formula is C19H15F6NO3S. The van der Waals surface area contributed by atoms with E-state index in [1.54, 1.807) is 18.2 Å². The number of hydrogen-bond donors (Lipinski definition) is 3. The average Bonchev–Trinajstić information content (AvgIpc) is 2.65. The lowest BCUT2D eigenvalue weighted by Gasteiger charge is -2.33. The molecule has 0 aromatic heterocycles. The zero-order valence-electron chi connectivity index (χ0n) is 14.8. The Labute approximate surface area is 169 Å². The normalized spacial score (nSPS) is 13.3. The molecule has 3 aromatic carbocycles. The molecule has 3 N–H and O–H groups in total. The van der Waals surface area contributed by atoms with Gasteiger partial charge in [-0.15, -0.1) is 0 Å². The van der Waals surface area contributed by atoms with Crippen LogP contribution in [-0.2, 0) is 6.18 Å². The van der Waals surface area contributed by atoms with Crippen molar-refractivity contribution in [2.75, 3.05) is 0 Å². The molecule has 0 unspecified atom stereocenters. The molecule has 0 heterocycles. The molecule has 0 spiro atoms. The van der Waals surface area contributed by atoms with Crippen LogP contribution in [0, 0.1) is 0 Å². The van der Waals surface area contributed by atoms with Crippen molar-refractivity contribution in [3.05, 3.63) is 71.8 Å². The number of fused-ring (bicyclic) bond motifs is 1. The topological polar surface area (TPSA) is 69.6 Å². The Bertz CT molecular complexity index is 1100. The van der Waals surface area contributed by atoms with E-state index in [0.717, 1.165) is 12.1 Å². The number of nitrogens with one attached hydrogen (secondary N) is 1. The van der Waals surface area contributed by atoms with Crippen LogP contribution in [0.1, 0.15) is 17.3 Å². The maximum atomic E-state index is 12.7. The number of hydrogen-bond acceptors (Lipinski definition) is 3. The second-order valence-electron chi connectivity index (χ2n) is 6.24. The second-order valence-corrected chi connectivity index (χ2v) is 8.01. The van der Waals surface area contributed by atoms with Gasteiger partial charge in [0.05, 0.1) is 5.56 Å². The van der Waals surface area contributed by atoms with Crippen molar-refractivity contribution in [2.24, 2.45) is 0 Å². The van der Waals surface area contributed by atoms with Gasteiger partial charge in [-0.2, -0.15) is 26.3 Å². The summed E-state index contributed by atoms with van der Waals surface area (Å²) in [5.74, 6) is -1.34. The second kappa shape index (κ2) is 7.49. The molecule has 0 aliphatic carbocycles. The van der Waals surface area contributed by atoms with Crippen molar-refractivity contribution in [3.8, 4) is 11.1 Å². The van der Waals surface area contributed by atoms with E-state index in [4.69, 9.17) is 9.11 Å². The van der Waals surface area contributed by atoms with Crippen LogP contribution in [0.3, 0.4) is 0 Å². The summed E-state index contributed by atoms with van der Waals surface area (Å²) in [5.41, 5.74) is -5.47. The van der Waals surface area contributed by atoms with Gasteiger partial charge in [0.15, 0.2) is 0 Å². The summed E-state index contributed by atoms with van der Waals surface area (Å²) < 4.78 is 95.2. The summed E-state index contributed by atoms with van der Waals surface area (Å²) in [4.78, 5) is 12.0. The van der Waals surface area contributed by atoms with Gasteiger partial charge >= 0.3 is 11.7 Å². The highest BCUT2D eigenvalue weighted by Gasteiger charge is 2.47. The van der Waals surface area contributed by atoms with E-state index in [2.05, 4.69) is 0 Å². The van der Waals surface area contributed by atoms with Crippen LogP contribution in [0.2, 0.25) is 0 Å². The zero-order chi connectivity index (χ0) is 22.3. The molecule has 0 saturated carbocycles. The lowest BCUT2D eigenvalue weighted by atomic mass is 9.96. The first kappa shape index (κ1) is 21.9. The molecule has 3 aromatic rings. The van der Waals surface area contributed by atoms with E-state index < -0.39 is 33.9 Å². The predicted molar refractivity (Wildman–Crippen MR) is 103 cm³/mol. The van der Waals surface area contributed by atoms with Crippen LogP contribution in [0.5, 0.6) is 0 Å². The molecule has 0 atom stereocenters. The third kappa shape index (κ3) is 4.37. The highest BCUT2D eigenvalue weighted by atomic mass is 32.3. The lowest BCUT2D eigenvalue weighted by Crippen LogP contribution is -2.36. The van der Waals surface area contributed by atoms with E-state index in [-0.39, 0.29) is 6.99 Å². The van der Waals surface area contributed by atoms with E-state index in [1.165, 1.54) is 35.1 Å². The lowest BCUT2D eigenvalue weighted by molar-refractivity contribution is -0.137. The van der Waals surface area contributed by atoms with E-state index in [0.29, 0.717) is 21.9 Å². The molecule has 3 rings (SSSR count). The van der Waals surface area contributed by atoms with Crippen molar-refractivity contribution >= 4 is 27.5 Å². The fraction of sp³-hybridized carbons (Fsp3) is 0.105. The zero-order valence-corrected chi connectivity index (χ0v) is 15.6. The summed E-state index contributed by atoms with van der Waals surface area (Å²) in [6, 6.07) is 13.0. The molecule has 0 saturated heterocycles. The van der Waals surface area contributed by atoms with Crippen LogP contribution >= 0.6 is 10.8 Å². The third-order valence-corrected chi connectivity index (χ3v) is 5.34. The van der Waals surface area contributed by atoms with Crippen LogP contribution in [-0.4, -0.2) is 20.5 Å². The van der Waals surface area contributed by atoms with Crippen molar-refractivity contribution in [2.45, 2.75) is 11.7 Å². The fourth-order valence-corrected chi connectivity index (χ4v) is 3.25. The standard InChI is InChI=1S/C19H13F6NO3S.H2/c20-18(21,22)14-7-4-11(5-8-14)15-3-1-2-12-10-13(6-9-16(12)15)17(27)26-30(28,29)19(23,24)25;/h1-10,28-29H,(H,26,27);1H. The monoisotopic (exact) mass is 451 g/mol. The van der Waals surface area contributed by atoms with Gasteiger partial charge in [-0.05, 0) is 56.9 Å². The SMILES string of the molecule is O=C(NS(O)(O)C(F)(F)F)c1ccc2c(-c3ccc(C(F)(F)F)cc3)cccc2c1.[HH]. The van der Waals surface area contributed by atoms with Crippen molar-refractivity contribution in [1.29, 1.82) is 0 Å². The minimum Gasteiger partial charge on any atom is -0.275 e. The molecule has 11 heteroatoms. The van der Waals surface area contributed by atoms with Crippen LogP contribution in [0.4, 0.5) is 26.3 Å². The van der Waals surface area contributed by atoms with Crippen molar-refractivity contribution in [1.82, 2.24) is 4.72 Å². The molecular weight excluding hydrogens is 436 g/mol. The summed E-state index contributed by atoms with van der Waals surface area (Å²) >= 11 is 0. The number of amides is 1. The van der Waals surface area contributed by atoms with Crippen LogP contribution < -0.4 is 4.72 Å². The first-order valence-electron chi connectivity index (χ1n) is 8.16. The molecule has 0 bridgehead atoms. The van der Waals surface area contributed by atoms with Crippen LogP contribution in [0.15, 0.2) is 60.7 Å². The molecule has 0 fully saturated rings. The van der Waals surface area contributed by atoms with Crippen molar-refractivity contribution in [3.63, 3.8) is 0 Å². The highest BCUT2D eigenvalue weighted by Crippen LogP contribution is 2.52. The summed E-state index contributed by atoms with van der Waals surface area (Å²) in [7, 11) is -5.36. The van der Waals surface area contributed by atoms with Crippen molar-refractivity contribution < 1.29 is 41.7 Å². The highest BCUT2D eigenvalue weighted by molar-refractivity contribution is 8.23. The minimum absolute atomic E-state index is 0. The summed E-state index contributed by atoms with van der Waals surface area (Å²) in [5, 5.41) is 0.958. The maximum absolute atomic E-state index is 12.7. The molecule has 4 nitrogen and oxygen atoms in total. The van der Waals surface area contributed by atoms with Gasteiger partial charge < -0.3 is 0 Å². The smallest absolute Gasteiger partial charge is 0.275 e. The summed E-state index contributed by atoms with van der Waals surface area (Å²) in [6.07, 6.45) is -4.48. The van der Waals surface area contributed by atoms with Gasteiger partial charge in [-0.25, -0.2) is 4.72 Å². The molecule has 0 aliphatic heterocycles. The third-order valence-electron chi connectivity index (χ3n) is 4.22. The van der Waals surface area contributed by atoms with Gasteiger partial charge in [-0.3, -0.25) is 13.9 Å². The van der Waals surface area contributed by atoms with Gasteiger partial charge in [0.1, 0.15) is 0 Å². The Morgan fingerprint density at radius 3 is 2.10 bits per heavy atom. The van der Waals surface area contributed by atoms with Gasteiger partial charge in [0, 0.05) is 6.99 Å². The Kier molecular flexibility index (Phi) is 5.48. The molecule has 0 aliphatic rings. The number of benzene rings is 3. The number of carbonyl (C=O) groups is 1. The van der Waals surface area contributed by atoms with Gasteiger partial charge in [0.2, 0.25) is 0 Å². The first-order valence-corrected chi connectivity index (χ1v) is 9.71. The number of carbonyl (C=O) groups excluding carboxylic acids is 1. The Morgan fingerprint density at radius 1 is 0.900 bits per heavy atom. The predicted octanol–water partition coefficient (Wildman–Crippen LogP) is 6.69. The molecule has 30 heavy (non-hydrogen) atoms. The quantitative estimate of drug-likeness (QED) is 0.389. The Morgan fingerprint density at radius 2 is 1.53 bits per heavy atom. The van der Waals surface area contributed by atoms with Gasteiger partial charge in [0.25, 0.3) is 5.91 Å².